The third kappa shape index (κ3) is 2.29. The van der Waals surface area contributed by atoms with Gasteiger partial charge in [-0.1, -0.05) is 34.6 Å². The number of carbonyl (C=O) groups excluding carboxylic acids is 1. The van der Waals surface area contributed by atoms with Crippen LogP contribution in [0.2, 0.25) is 0 Å². The summed E-state index contributed by atoms with van der Waals surface area (Å²) in [5.41, 5.74) is -2.22. The van der Waals surface area contributed by atoms with E-state index in [0.29, 0.717) is 18.9 Å². The van der Waals surface area contributed by atoms with Crippen molar-refractivity contribution in [2.24, 2.45) is 50.2 Å². The second kappa shape index (κ2) is 6.71. The van der Waals surface area contributed by atoms with Crippen LogP contribution < -0.4 is 0 Å². The van der Waals surface area contributed by atoms with E-state index in [1.54, 1.807) is 0 Å². The molecule has 0 aromatic heterocycles. The molecule has 36 heavy (non-hydrogen) atoms. The van der Waals surface area contributed by atoms with Crippen molar-refractivity contribution in [1.29, 1.82) is 0 Å². The van der Waals surface area contributed by atoms with Gasteiger partial charge in [-0.05, 0) is 85.9 Å². The molecule has 0 radical (unpaired) electrons. The molecule has 0 aromatic carbocycles. The van der Waals surface area contributed by atoms with Crippen molar-refractivity contribution in [3.8, 4) is 0 Å². The molecule has 6 heteroatoms. The smallest absolute Gasteiger partial charge is 0.315 e. The van der Waals surface area contributed by atoms with Gasteiger partial charge < -0.3 is 24.8 Å². The Morgan fingerprint density at radius 2 is 1.61 bits per heavy atom. The lowest BCUT2D eigenvalue weighted by Crippen LogP contribution is -2.74. The molecular weight excluding hydrogens is 456 g/mol. The van der Waals surface area contributed by atoms with E-state index < -0.39 is 28.6 Å². The van der Waals surface area contributed by atoms with E-state index >= 15 is 0 Å². The zero-order chi connectivity index (χ0) is 25.7. The summed E-state index contributed by atoms with van der Waals surface area (Å²) in [5, 5.41) is 33.6. The van der Waals surface area contributed by atoms with Crippen molar-refractivity contribution in [2.45, 2.75) is 116 Å². The van der Waals surface area contributed by atoms with Gasteiger partial charge in [0.05, 0.1) is 31.5 Å². The fourth-order valence-electron chi connectivity index (χ4n) is 12.5. The van der Waals surface area contributed by atoms with E-state index in [1.165, 1.54) is 0 Å². The predicted octanol–water partition coefficient (Wildman–Crippen LogP) is 3.84. The molecule has 2 saturated heterocycles. The average Bonchev–Trinajstić information content (AvgIpc) is 3.15. The number of esters is 1. The number of fused-ring (bicyclic) bond motifs is 7. The molecule has 0 aromatic rings. The van der Waals surface area contributed by atoms with Crippen LogP contribution in [0.3, 0.4) is 0 Å². The number of aliphatic hydroxyl groups excluding tert-OH is 3. The van der Waals surface area contributed by atoms with Crippen LogP contribution in [0.4, 0.5) is 0 Å². The molecule has 7 aliphatic rings. The van der Waals surface area contributed by atoms with Gasteiger partial charge in [-0.2, -0.15) is 0 Å². The third-order valence-corrected chi connectivity index (χ3v) is 14.5. The minimum Gasteiger partial charge on any atom is -0.458 e. The zero-order valence-corrected chi connectivity index (χ0v) is 22.8. The van der Waals surface area contributed by atoms with Crippen molar-refractivity contribution in [1.82, 2.24) is 0 Å². The Morgan fingerprint density at radius 1 is 0.889 bits per heavy atom. The number of carbonyl (C=O) groups is 1. The molecule has 2 heterocycles. The van der Waals surface area contributed by atoms with Crippen LogP contribution in [-0.2, 0) is 14.3 Å². The van der Waals surface area contributed by atoms with Crippen molar-refractivity contribution >= 4 is 5.97 Å². The van der Waals surface area contributed by atoms with Crippen LogP contribution >= 0.6 is 0 Å². The molecule has 6 nitrogen and oxygen atoms in total. The average molecular weight is 503 g/mol. The van der Waals surface area contributed by atoms with Crippen LogP contribution in [0.5, 0.6) is 0 Å². The summed E-state index contributed by atoms with van der Waals surface area (Å²) < 4.78 is 12.8. The van der Waals surface area contributed by atoms with E-state index in [4.69, 9.17) is 9.47 Å². The number of aliphatic hydroxyl groups is 3. The molecule has 12 atom stereocenters. The summed E-state index contributed by atoms with van der Waals surface area (Å²) in [6, 6.07) is 0. The Kier molecular flexibility index (Phi) is 4.54. The normalized spacial score (nSPS) is 62.5. The summed E-state index contributed by atoms with van der Waals surface area (Å²) in [6.45, 7) is 12.2. The van der Waals surface area contributed by atoms with Gasteiger partial charge in [0.1, 0.15) is 11.0 Å². The zero-order valence-electron chi connectivity index (χ0n) is 22.8. The summed E-state index contributed by atoms with van der Waals surface area (Å²) in [5.74, 6) is 0.492. The standard InChI is InChI=1S/C30H46O6/c1-24(2)10-11-29-20(13-24)30(36-23(29)34)9-7-18-25(3)12-17-22(33)28(15-31,16-35-17)19(25)6-8-26(18,4)27(30,5)14-21(29)32/h17-22,31-33H,6-16H2,1-5H3/t17-,18+,19+,20+,21+,22-,25+,26+,27-,28+,29+,30-/m0/s1. The highest BCUT2D eigenvalue weighted by molar-refractivity contribution is 5.82. The van der Waals surface area contributed by atoms with E-state index in [2.05, 4.69) is 34.6 Å². The maximum Gasteiger partial charge on any atom is 0.315 e. The fraction of sp³-hybridized carbons (Fsp3) is 0.967. The Bertz CT molecular complexity index is 1010. The Hall–Kier alpha value is -0.690. The second-order valence-electron chi connectivity index (χ2n) is 15.8. The van der Waals surface area contributed by atoms with Gasteiger partial charge >= 0.3 is 5.97 Å². The maximum absolute atomic E-state index is 13.7. The molecule has 2 aliphatic heterocycles. The molecule has 1 spiro atoms. The fourth-order valence-corrected chi connectivity index (χ4v) is 12.5. The Morgan fingerprint density at radius 3 is 2.33 bits per heavy atom. The summed E-state index contributed by atoms with van der Waals surface area (Å²) in [4.78, 5) is 13.7. The molecule has 202 valence electrons. The second-order valence-corrected chi connectivity index (χ2v) is 15.8. The van der Waals surface area contributed by atoms with Gasteiger partial charge in [-0.3, -0.25) is 4.79 Å². The lowest BCUT2D eigenvalue weighted by atomic mass is 9.30. The molecule has 0 amide bonds. The quantitative estimate of drug-likeness (QED) is 0.472. The molecule has 3 N–H and O–H groups in total. The lowest BCUT2D eigenvalue weighted by molar-refractivity contribution is -0.298. The molecule has 7 rings (SSSR count). The minimum atomic E-state index is -0.734. The van der Waals surface area contributed by atoms with Crippen LogP contribution in [-0.4, -0.2) is 58.4 Å². The monoisotopic (exact) mass is 502 g/mol. The Balaban J connectivity index is 1.35. The SMILES string of the molecule is CC1(C)CC[C@]23C(=O)O[C@@]4(CC[C@@H]5[C@@]6(C)C[C@@H]7OC[C@](CO)([C@@H]6CC[C@@]5(C)[C@]4(C)C[C@H]2O)[C@H]7O)[C@@H]3C1. The van der Waals surface area contributed by atoms with Crippen molar-refractivity contribution in [3.05, 3.63) is 0 Å². The summed E-state index contributed by atoms with van der Waals surface area (Å²) >= 11 is 0. The third-order valence-electron chi connectivity index (χ3n) is 14.5. The predicted molar refractivity (Wildman–Crippen MR) is 133 cm³/mol. The largest absolute Gasteiger partial charge is 0.458 e. The molecule has 4 bridgehead atoms. The van der Waals surface area contributed by atoms with Crippen molar-refractivity contribution in [2.75, 3.05) is 13.2 Å². The first-order chi connectivity index (χ1) is 16.8. The van der Waals surface area contributed by atoms with Crippen molar-refractivity contribution in [3.63, 3.8) is 0 Å². The highest BCUT2D eigenvalue weighted by Gasteiger charge is 2.83. The first kappa shape index (κ1) is 24.4. The molecule has 7 fully saturated rings. The van der Waals surface area contributed by atoms with E-state index in [1.807, 2.05) is 0 Å². The van der Waals surface area contributed by atoms with Gasteiger partial charge in [-0.25, -0.2) is 0 Å². The number of ether oxygens (including phenoxy) is 2. The first-order valence-electron chi connectivity index (χ1n) is 14.6. The summed E-state index contributed by atoms with van der Waals surface area (Å²) in [6.07, 6.45) is 6.29. The van der Waals surface area contributed by atoms with E-state index in [-0.39, 0.29) is 52.2 Å². The maximum atomic E-state index is 13.7. The minimum absolute atomic E-state index is 0.0361. The van der Waals surface area contributed by atoms with Gasteiger partial charge in [-0.15, -0.1) is 0 Å². The molecule has 5 saturated carbocycles. The van der Waals surface area contributed by atoms with Gasteiger partial charge in [0.15, 0.2) is 0 Å². The van der Waals surface area contributed by atoms with Crippen LogP contribution in [0.25, 0.3) is 0 Å². The van der Waals surface area contributed by atoms with Gasteiger partial charge in [0, 0.05) is 16.7 Å². The van der Waals surface area contributed by atoms with Crippen molar-refractivity contribution < 1.29 is 29.6 Å². The van der Waals surface area contributed by atoms with Crippen LogP contribution in [0.1, 0.15) is 92.4 Å². The first-order valence-corrected chi connectivity index (χ1v) is 14.6. The van der Waals surface area contributed by atoms with Gasteiger partial charge in [0.2, 0.25) is 0 Å². The van der Waals surface area contributed by atoms with E-state index in [9.17, 15) is 20.1 Å². The molecule has 0 unspecified atom stereocenters. The lowest BCUT2D eigenvalue weighted by Gasteiger charge is -2.74. The van der Waals surface area contributed by atoms with Crippen LogP contribution in [0.15, 0.2) is 0 Å². The van der Waals surface area contributed by atoms with Crippen LogP contribution in [0, 0.1) is 50.2 Å². The summed E-state index contributed by atoms with van der Waals surface area (Å²) in [7, 11) is 0. The Labute approximate surface area is 215 Å². The van der Waals surface area contributed by atoms with Gasteiger partial charge in [0.25, 0.3) is 0 Å². The highest BCUT2D eigenvalue weighted by Crippen LogP contribution is 2.81. The number of rotatable bonds is 1. The molecule has 5 aliphatic carbocycles. The molecular formula is C30H46O6. The highest BCUT2D eigenvalue weighted by atomic mass is 16.6. The van der Waals surface area contributed by atoms with E-state index in [0.717, 1.165) is 51.4 Å². The topological polar surface area (TPSA) is 96.2 Å². The number of hydrogen-bond acceptors (Lipinski definition) is 6. The number of hydrogen-bond donors (Lipinski definition) is 3.